The summed E-state index contributed by atoms with van der Waals surface area (Å²) in [6, 6.07) is 60.3. The van der Waals surface area contributed by atoms with Gasteiger partial charge in [0.25, 0.3) is 0 Å². The third kappa shape index (κ3) is 6.65. The molecule has 286 valence electrons. The van der Waals surface area contributed by atoms with Crippen molar-refractivity contribution < 1.29 is 8.78 Å². The molecule has 0 saturated heterocycles. The van der Waals surface area contributed by atoms with E-state index in [0.29, 0.717) is 45.4 Å². The first-order valence-electron chi connectivity index (χ1n) is 19.5. The highest BCUT2D eigenvalue weighted by Gasteiger charge is 2.22. The second kappa shape index (κ2) is 15.3. The molecule has 0 bridgehead atoms. The van der Waals surface area contributed by atoms with E-state index in [1.165, 1.54) is 12.1 Å². The van der Waals surface area contributed by atoms with Crippen molar-refractivity contribution in [3.8, 4) is 85.4 Å². The maximum absolute atomic E-state index is 16.0. The van der Waals surface area contributed by atoms with Gasteiger partial charge >= 0.3 is 0 Å². The van der Waals surface area contributed by atoms with E-state index in [-0.39, 0.29) is 5.56 Å². The van der Waals surface area contributed by atoms with Gasteiger partial charge in [-0.1, -0.05) is 121 Å². The quantitative estimate of drug-likeness (QED) is 0.160. The zero-order valence-corrected chi connectivity index (χ0v) is 32.3. The first-order chi connectivity index (χ1) is 30.0. The lowest BCUT2D eigenvalue weighted by molar-refractivity contribution is 0.585. The summed E-state index contributed by atoms with van der Waals surface area (Å²) in [5.74, 6) is 0.00238. The predicted octanol–water partition coefficient (Wildman–Crippen LogP) is 13.0. The van der Waals surface area contributed by atoms with Crippen LogP contribution in [0.5, 0.6) is 0 Å². The van der Waals surface area contributed by atoms with Gasteiger partial charge in [0.15, 0.2) is 17.5 Å². The van der Waals surface area contributed by atoms with Crippen molar-refractivity contribution in [3.63, 3.8) is 0 Å². The Labute approximate surface area is 349 Å². The molecule has 0 aliphatic rings. The van der Waals surface area contributed by atoms with Crippen LogP contribution in [0.1, 0.15) is 11.1 Å². The molecule has 0 radical (unpaired) electrons. The fourth-order valence-corrected chi connectivity index (χ4v) is 8.01. The van der Waals surface area contributed by atoms with Crippen LogP contribution in [0.15, 0.2) is 182 Å². The zero-order valence-electron chi connectivity index (χ0n) is 32.3. The number of halogens is 2. The summed E-state index contributed by atoms with van der Waals surface area (Å²) in [4.78, 5) is 14.9. The van der Waals surface area contributed by atoms with Crippen molar-refractivity contribution in [1.82, 2.24) is 19.5 Å². The minimum absolute atomic E-state index is 0.211. The highest BCUT2D eigenvalue weighted by Crippen LogP contribution is 2.42. The molecule has 0 amide bonds. The molecule has 0 unspecified atom stereocenters. The van der Waals surface area contributed by atoms with Gasteiger partial charge in [0.2, 0.25) is 0 Å². The van der Waals surface area contributed by atoms with Crippen molar-refractivity contribution in [2.75, 3.05) is 0 Å². The molecule has 0 aliphatic carbocycles. The average Bonchev–Trinajstić information content (AvgIpc) is 3.64. The summed E-state index contributed by atoms with van der Waals surface area (Å²) in [5.41, 5.74) is 9.54. The zero-order chi connectivity index (χ0) is 41.5. The fraction of sp³-hybridized carbons (Fsp3) is 0. The van der Waals surface area contributed by atoms with E-state index in [4.69, 9.17) is 15.0 Å². The summed E-state index contributed by atoms with van der Waals surface area (Å²) in [5, 5.41) is 21.8. The lowest BCUT2D eigenvalue weighted by atomic mass is 9.96. The lowest BCUT2D eigenvalue weighted by Gasteiger charge is -2.17. The van der Waals surface area contributed by atoms with Gasteiger partial charge in [-0.25, -0.2) is 23.7 Å². The van der Waals surface area contributed by atoms with Gasteiger partial charge in [-0.2, -0.15) is 10.5 Å². The van der Waals surface area contributed by atoms with E-state index in [0.717, 1.165) is 61.3 Å². The smallest absolute Gasteiger partial charge is 0.164 e. The molecular formula is C53H30F2N6. The third-order valence-electron chi connectivity index (χ3n) is 10.9. The highest BCUT2D eigenvalue weighted by atomic mass is 19.1. The first kappa shape index (κ1) is 36.7. The van der Waals surface area contributed by atoms with Gasteiger partial charge in [-0.3, -0.25) is 0 Å². The molecule has 10 aromatic rings. The van der Waals surface area contributed by atoms with E-state index in [1.807, 2.05) is 140 Å². The molecule has 0 fully saturated rings. The molecule has 0 aliphatic heterocycles. The summed E-state index contributed by atoms with van der Waals surface area (Å²) >= 11 is 0. The third-order valence-corrected chi connectivity index (χ3v) is 10.9. The number of hydrogen-bond donors (Lipinski definition) is 0. The Hall–Kier alpha value is -8.59. The first-order valence-corrected chi connectivity index (χ1v) is 19.5. The van der Waals surface area contributed by atoms with Crippen LogP contribution in [-0.4, -0.2) is 19.5 Å². The molecule has 0 atom stereocenters. The van der Waals surface area contributed by atoms with Crippen LogP contribution in [0.3, 0.4) is 0 Å². The van der Waals surface area contributed by atoms with Gasteiger partial charge in [-0.05, 0) is 76.9 Å². The largest absolute Gasteiger partial charge is 0.309 e. The van der Waals surface area contributed by atoms with Crippen molar-refractivity contribution in [2.45, 2.75) is 0 Å². The summed E-state index contributed by atoms with van der Waals surface area (Å²) in [6.45, 7) is 0. The van der Waals surface area contributed by atoms with Crippen LogP contribution in [0.2, 0.25) is 0 Å². The highest BCUT2D eigenvalue weighted by molar-refractivity contribution is 6.12. The molecule has 6 nitrogen and oxygen atoms in total. The van der Waals surface area contributed by atoms with Crippen LogP contribution < -0.4 is 0 Å². The number of fused-ring (bicyclic) bond motifs is 3. The normalized spacial score (nSPS) is 11.1. The number of rotatable bonds is 7. The van der Waals surface area contributed by atoms with Crippen LogP contribution in [-0.2, 0) is 0 Å². The Bertz CT molecular complexity index is 3250. The van der Waals surface area contributed by atoms with Crippen molar-refractivity contribution >= 4 is 21.8 Å². The van der Waals surface area contributed by atoms with E-state index in [1.54, 1.807) is 12.1 Å². The van der Waals surface area contributed by atoms with Crippen molar-refractivity contribution in [2.24, 2.45) is 0 Å². The average molecular weight is 789 g/mol. The molecule has 0 saturated carbocycles. The number of benzene rings is 8. The fourth-order valence-electron chi connectivity index (χ4n) is 8.01. The Kier molecular flexibility index (Phi) is 9.21. The minimum atomic E-state index is -0.710. The second-order valence-corrected chi connectivity index (χ2v) is 14.5. The van der Waals surface area contributed by atoms with E-state index in [9.17, 15) is 14.9 Å². The summed E-state index contributed by atoms with van der Waals surface area (Å²) < 4.78 is 32.5. The van der Waals surface area contributed by atoms with E-state index in [2.05, 4.69) is 28.8 Å². The molecule has 0 N–H and O–H groups in total. The van der Waals surface area contributed by atoms with Crippen LogP contribution >= 0.6 is 0 Å². The maximum Gasteiger partial charge on any atom is 0.164 e. The number of aromatic nitrogens is 4. The Morgan fingerprint density at radius 1 is 0.393 bits per heavy atom. The molecule has 61 heavy (non-hydrogen) atoms. The minimum Gasteiger partial charge on any atom is -0.309 e. The number of nitriles is 2. The van der Waals surface area contributed by atoms with Crippen molar-refractivity contribution in [1.29, 1.82) is 10.5 Å². The van der Waals surface area contributed by atoms with Crippen molar-refractivity contribution in [3.05, 3.63) is 205 Å². The Morgan fingerprint density at radius 3 is 1.36 bits per heavy atom. The monoisotopic (exact) mass is 788 g/mol. The second-order valence-electron chi connectivity index (χ2n) is 14.5. The topological polar surface area (TPSA) is 91.2 Å². The molecule has 0 spiro atoms. The van der Waals surface area contributed by atoms with Gasteiger partial charge in [0.1, 0.15) is 11.6 Å². The molecular weight excluding hydrogens is 759 g/mol. The molecule has 8 aromatic carbocycles. The lowest BCUT2D eigenvalue weighted by Crippen LogP contribution is -2.03. The van der Waals surface area contributed by atoms with Crippen LogP contribution in [0.25, 0.3) is 95.0 Å². The van der Waals surface area contributed by atoms with Crippen LogP contribution in [0, 0.1) is 34.3 Å². The van der Waals surface area contributed by atoms with Crippen LogP contribution in [0.4, 0.5) is 8.78 Å². The summed E-state index contributed by atoms with van der Waals surface area (Å²) in [6.07, 6.45) is 0. The van der Waals surface area contributed by atoms with E-state index < -0.39 is 11.6 Å². The van der Waals surface area contributed by atoms with Gasteiger partial charge in [0.05, 0.1) is 40.0 Å². The Balaban J connectivity index is 1.28. The molecule has 2 heterocycles. The summed E-state index contributed by atoms with van der Waals surface area (Å²) in [7, 11) is 0. The standard InChI is InChI=1S/C53H30F2N6/c54-40-22-24-43(47(55)30-40)44-23-19-37(53-59-51(33-11-3-1-4-12-33)58-52(60-53)34-13-5-2-6-14-34)29-50(44)61-48-25-20-35(41-17-9-7-15-38(41)31-56)27-45(48)46-28-36(21-26-49(46)61)42-18-10-8-16-39(42)32-57/h1-30H. The number of hydrogen-bond acceptors (Lipinski definition) is 5. The van der Waals surface area contributed by atoms with Gasteiger partial charge < -0.3 is 4.57 Å². The predicted molar refractivity (Wildman–Crippen MR) is 236 cm³/mol. The Morgan fingerprint density at radius 2 is 0.852 bits per heavy atom. The SMILES string of the molecule is N#Cc1ccccc1-c1ccc2c(c1)c1cc(-c3ccccc3C#N)ccc1n2-c1cc(-c2nc(-c3ccccc3)nc(-c3ccccc3)n2)ccc1-c1ccc(F)cc1F. The van der Waals surface area contributed by atoms with Gasteiger partial charge in [-0.15, -0.1) is 0 Å². The molecule has 2 aromatic heterocycles. The van der Waals surface area contributed by atoms with Gasteiger partial charge in [0, 0.05) is 44.7 Å². The van der Waals surface area contributed by atoms with E-state index >= 15 is 4.39 Å². The number of nitrogens with zero attached hydrogens (tertiary/aromatic N) is 6. The maximum atomic E-state index is 16.0. The molecule has 10 rings (SSSR count). The molecule has 8 heteroatoms.